The first-order chi connectivity index (χ1) is 14.6. The van der Waals surface area contributed by atoms with Gasteiger partial charge in [-0.3, -0.25) is 4.79 Å². The van der Waals surface area contributed by atoms with E-state index in [9.17, 15) is 4.79 Å². The van der Waals surface area contributed by atoms with Crippen LogP contribution in [0.5, 0.6) is 0 Å². The molecule has 8 atom stereocenters. The minimum atomic E-state index is 0.246. The van der Waals surface area contributed by atoms with Crippen molar-refractivity contribution in [2.45, 2.75) is 112 Å². The zero-order valence-corrected chi connectivity index (χ0v) is 21.4. The molecule has 0 amide bonds. The van der Waals surface area contributed by atoms with Crippen molar-refractivity contribution in [3.05, 3.63) is 11.1 Å². The number of allylic oxidation sites excluding steroid dienone is 2. The molecule has 2 nitrogen and oxygen atoms in total. The summed E-state index contributed by atoms with van der Waals surface area (Å²) in [6, 6.07) is 0. The lowest BCUT2D eigenvalue weighted by atomic mass is 9.50. The quantitative estimate of drug-likeness (QED) is 0.435. The summed E-state index contributed by atoms with van der Waals surface area (Å²) in [5.74, 6) is 4.68. The fourth-order valence-corrected chi connectivity index (χ4v) is 8.40. The molecule has 0 aromatic heterocycles. The number of hydrogen-bond donors (Lipinski definition) is 0. The maximum Gasteiger partial charge on any atom is 0.159 e. The van der Waals surface area contributed by atoms with E-state index in [0.29, 0.717) is 29.1 Å². The van der Waals surface area contributed by atoms with Crippen LogP contribution in [0, 0.1) is 46.3 Å². The summed E-state index contributed by atoms with van der Waals surface area (Å²) in [4.78, 5) is 13.6. The van der Waals surface area contributed by atoms with Crippen molar-refractivity contribution in [2.75, 3.05) is 7.11 Å². The zero-order valence-electron chi connectivity index (χ0n) is 21.4. The van der Waals surface area contributed by atoms with E-state index in [0.717, 1.165) is 42.9 Å². The summed E-state index contributed by atoms with van der Waals surface area (Å²) >= 11 is 0. The Balaban J connectivity index is 1.56. The van der Waals surface area contributed by atoms with Crippen molar-refractivity contribution < 1.29 is 9.53 Å². The second-order valence-electron chi connectivity index (χ2n) is 12.8. The highest BCUT2D eigenvalue weighted by Gasteiger charge is 2.57. The topological polar surface area (TPSA) is 26.3 Å². The van der Waals surface area contributed by atoms with Crippen molar-refractivity contribution in [1.82, 2.24) is 0 Å². The summed E-state index contributed by atoms with van der Waals surface area (Å²) in [6.45, 7) is 14.7. The Morgan fingerprint density at radius 1 is 1.03 bits per heavy atom. The summed E-state index contributed by atoms with van der Waals surface area (Å²) in [5.41, 5.74) is 3.50. The SMILES string of the molecule is CO[C@H]1CC[C@]2(C)C3=C(C(=O)CC2C1)C1CC[C@H]([C@H](C)CC[C@@H](C)C(C)C)[C@@]1(C)CC3. The molecule has 0 aromatic rings. The van der Waals surface area contributed by atoms with E-state index in [1.165, 1.54) is 50.5 Å². The molecule has 0 spiro atoms. The maximum absolute atomic E-state index is 13.6. The number of ether oxygens (including phenoxy) is 1. The van der Waals surface area contributed by atoms with Crippen LogP contribution in [0.15, 0.2) is 11.1 Å². The van der Waals surface area contributed by atoms with Gasteiger partial charge in [-0.25, -0.2) is 0 Å². The van der Waals surface area contributed by atoms with E-state index in [4.69, 9.17) is 4.74 Å². The Morgan fingerprint density at radius 2 is 1.77 bits per heavy atom. The Bertz CT molecular complexity index is 720. The van der Waals surface area contributed by atoms with Crippen LogP contribution in [-0.2, 0) is 9.53 Å². The highest BCUT2D eigenvalue weighted by molar-refractivity contribution is 5.98. The number of ketones is 1. The van der Waals surface area contributed by atoms with Crippen LogP contribution < -0.4 is 0 Å². The lowest BCUT2D eigenvalue weighted by Gasteiger charge is -2.54. The van der Waals surface area contributed by atoms with Crippen LogP contribution in [-0.4, -0.2) is 19.0 Å². The largest absolute Gasteiger partial charge is 0.381 e. The molecule has 0 aromatic carbocycles. The van der Waals surface area contributed by atoms with Gasteiger partial charge in [0.25, 0.3) is 0 Å². The van der Waals surface area contributed by atoms with Gasteiger partial charge in [-0.1, -0.05) is 60.0 Å². The van der Waals surface area contributed by atoms with Crippen LogP contribution in [0.1, 0.15) is 106 Å². The van der Waals surface area contributed by atoms with Gasteiger partial charge >= 0.3 is 0 Å². The molecule has 2 unspecified atom stereocenters. The Morgan fingerprint density at radius 3 is 2.45 bits per heavy atom. The van der Waals surface area contributed by atoms with E-state index >= 15 is 0 Å². The average molecular weight is 429 g/mol. The molecule has 2 fully saturated rings. The second-order valence-corrected chi connectivity index (χ2v) is 12.8. The molecule has 0 saturated heterocycles. The molecule has 2 heteroatoms. The first-order valence-corrected chi connectivity index (χ1v) is 13.4. The summed E-state index contributed by atoms with van der Waals surface area (Å²) in [6.07, 6.45) is 12.3. The number of carbonyl (C=O) groups is 1. The normalized spacial score (nSPS) is 42.3. The van der Waals surface area contributed by atoms with Crippen LogP contribution in [0.2, 0.25) is 0 Å². The highest BCUT2D eigenvalue weighted by Crippen LogP contribution is 2.65. The van der Waals surface area contributed by atoms with Crippen LogP contribution in [0.4, 0.5) is 0 Å². The lowest BCUT2D eigenvalue weighted by molar-refractivity contribution is -0.122. The standard InChI is InChI=1S/C29H48O2/c1-18(2)19(3)8-9-20(4)23-10-11-24-27-25(13-15-29(23,24)6)28(5)14-12-22(31-7)16-21(28)17-26(27)30/h18-24H,8-17H2,1-7H3/t19-,20-,21?,22+,23-,24?,28+,29-/m1/s1. The molecular formula is C29H48O2. The van der Waals surface area contributed by atoms with Gasteiger partial charge in [0.2, 0.25) is 0 Å². The molecule has 0 radical (unpaired) electrons. The van der Waals surface area contributed by atoms with Crippen molar-refractivity contribution >= 4 is 5.78 Å². The highest BCUT2D eigenvalue weighted by atomic mass is 16.5. The molecule has 4 aliphatic carbocycles. The minimum absolute atomic E-state index is 0.246. The third kappa shape index (κ3) is 3.87. The summed E-state index contributed by atoms with van der Waals surface area (Å²) in [7, 11) is 1.84. The van der Waals surface area contributed by atoms with Crippen molar-refractivity contribution in [3.8, 4) is 0 Å². The van der Waals surface area contributed by atoms with Crippen LogP contribution in [0.25, 0.3) is 0 Å². The number of carbonyl (C=O) groups excluding carboxylic acids is 1. The first-order valence-electron chi connectivity index (χ1n) is 13.4. The maximum atomic E-state index is 13.6. The molecule has 4 aliphatic rings. The number of rotatable bonds is 6. The number of hydrogen-bond acceptors (Lipinski definition) is 2. The van der Waals surface area contributed by atoms with Crippen LogP contribution in [0.3, 0.4) is 0 Å². The van der Waals surface area contributed by atoms with Crippen molar-refractivity contribution in [1.29, 1.82) is 0 Å². The molecule has 0 heterocycles. The third-order valence-electron chi connectivity index (χ3n) is 11.1. The Labute approximate surface area is 192 Å². The number of Topliss-reactive ketones (excluding diaryl/α,β-unsaturated/α-hetero) is 1. The van der Waals surface area contributed by atoms with Gasteiger partial charge in [0.1, 0.15) is 0 Å². The van der Waals surface area contributed by atoms with E-state index < -0.39 is 0 Å². The van der Waals surface area contributed by atoms with Crippen molar-refractivity contribution in [3.63, 3.8) is 0 Å². The first kappa shape index (κ1) is 23.5. The van der Waals surface area contributed by atoms with Gasteiger partial charge in [-0.15, -0.1) is 0 Å². The van der Waals surface area contributed by atoms with E-state index in [1.807, 2.05) is 7.11 Å². The predicted molar refractivity (Wildman–Crippen MR) is 129 cm³/mol. The van der Waals surface area contributed by atoms with Gasteiger partial charge in [-0.05, 0) is 96.9 Å². The zero-order chi connectivity index (χ0) is 22.6. The molecule has 4 rings (SSSR count). The molecule has 2 saturated carbocycles. The Hall–Kier alpha value is -0.630. The number of methoxy groups -OCH3 is 1. The fraction of sp³-hybridized carbons (Fsp3) is 0.897. The smallest absolute Gasteiger partial charge is 0.159 e. The van der Waals surface area contributed by atoms with Gasteiger partial charge in [0.05, 0.1) is 6.10 Å². The molecule has 0 bridgehead atoms. The molecule has 31 heavy (non-hydrogen) atoms. The summed E-state index contributed by atoms with van der Waals surface area (Å²) < 4.78 is 5.71. The van der Waals surface area contributed by atoms with E-state index in [2.05, 4.69) is 41.5 Å². The lowest BCUT2D eigenvalue weighted by Crippen LogP contribution is -2.48. The number of fused-ring (bicyclic) bond motifs is 4. The molecule has 176 valence electrons. The van der Waals surface area contributed by atoms with E-state index in [-0.39, 0.29) is 5.41 Å². The predicted octanol–water partition coefficient (Wildman–Crippen LogP) is 7.61. The van der Waals surface area contributed by atoms with Crippen molar-refractivity contribution in [2.24, 2.45) is 46.3 Å². The molecule has 0 aliphatic heterocycles. The Kier molecular flexibility index (Phi) is 6.54. The van der Waals surface area contributed by atoms with Crippen LogP contribution >= 0.6 is 0 Å². The molecular weight excluding hydrogens is 380 g/mol. The van der Waals surface area contributed by atoms with Gasteiger partial charge in [0, 0.05) is 13.5 Å². The van der Waals surface area contributed by atoms with E-state index in [1.54, 1.807) is 5.57 Å². The fourth-order valence-electron chi connectivity index (χ4n) is 8.40. The second kappa shape index (κ2) is 8.62. The minimum Gasteiger partial charge on any atom is -0.381 e. The third-order valence-corrected chi connectivity index (χ3v) is 11.1. The molecule has 0 N–H and O–H groups in total. The summed E-state index contributed by atoms with van der Waals surface area (Å²) in [5, 5.41) is 0. The van der Waals surface area contributed by atoms with Gasteiger partial charge in [0.15, 0.2) is 5.78 Å². The van der Waals surface area contributed by atoms with Gasteiger partial charge in [-0.2, -0.15) is 0 Å². The van der Waals surface area contributed by atoms with Gasteiger partial charge < -0.3 is 4.74 Å². The monoisotopic (exact) mass is 428 g/mol. The average Bonchev–Trinajstić information content (AvgIpc) is 3.09.